The van der Waals surface area contributed by atoms with Crippen molar-refractivity contribution < 1.29 is 4.79 Å². The Hall–Kier alpha value is -1.31. The molecule has 0 aromatic carbocycles. The second kappa shape index (κ2) is 5.35. The summed E-state index contributed by atoms with van der Waals surface area (Å²) in [4.78, 5) is 9.95. The third-order valence-corrected chi connectivity index (χ3v) is 1.76. The van der Waals surface area contributed by atoms with Crippen LogP contribution in [-0.2, 0) is 4.79 Å². The lowest BCUT2D eigenvalue weighted by molar-refractivity contribution is -0.109. The van der Waals surface area contributed by atoms with Gasteiger partial charge in [0.15, 0.2) is 0 Å². The number of nitrogens with one attached hydrogen (secondary N) is 1. The Morgan fingerprint density at radius 2 is 1.83 bits per heavy atom. The highest BCUT2D eigenvalue weighted by Gasteiger charge is 1.98. The standard InChI is InChI=1S/C10H13NO/c12-9-11-8-7-10-5-3-1-2-4-6-10/h1-6,9-10H,7-8H2,(H,11,12). The Morgan fingerprint density at radius 1 is 1.17 bits per heavy atom. The fraction of sp³-hybridized carbons (Fsp3) is 0.300. The molecule has 0 unspecified atom stereocenters. The van der Waals surface area contributed by atoms with Crippen LogP contribution in [0.15, 0.2) is 36.5 Å². The topological polar surface area (TPSA) is 29.1 Å². The van der Waals surface area contributed by atoms with Crippen molar-refractivity contribution >= 4 is 6.41 Å². The number of amides is 1. The van der Waals surface area contributed by atoms with Crippen LogP contribution in [0.5, 0.6) is 0 Å². The fourth-order valence-corrected chi connectivity index (χ4v) is 1.11. The highest BCUT2D eigenvalue weighted by Crippen LogP contribution is 2.08. The summed E-state index contributed by atoms with van der Waals surface area (Å²) in [6, 6.07) is 0. The van der Waals surface area contributed by atoms with Crippen molar-refractivity contribution in [3.8, 4) is 0 Å². The number of allylic oxidation sites excluding steroid dienone is 6. The molecule has 64 valence electrons. The summed E-state index contributed by atoms with van der Waals surface area (Å²) >= 11 is 0. The second-order valence-electron chi connectivity index (χ2n) is 2.68. The molecule has 0 aromatic heterocycles. The molecule has 0 atom stereocenters. The summed E-state index contributed by atoms with van der Waals surface area (Å²) in [5, 5.41) is 2.65. The Labute approximate surface area is 72.7 Å². The third-order valence-electron chi connectivity index (χ3n) is 1.76. The van der Waals surface area contributed by atoms with E-state index in [2.05, 4.69) is 17.5 Å². The first-order valence-corrected chi connectivity index (χ1v) is 4.12. The van der Waals surface area contributed by atoms with E-state index in [1.54, 1.807) is 0 Å². The van der Waals surface area contributed by atoms with Crippen molar-refractivity contribution in [2.75, 3.05) is 6.54 Å². The molecule has 2 nitrogen and oxygen atoms in total. The second-order valence-corrected chi connectivity index (χ2v) is 2.68. The summed E-state index contributed by atoms with van der Waals surface area (Å²) in [5.41, 5.74) is 0. The van der Waals surface area contributed by atoms with Crippen molar-refractivity contribution in [1.82, 2.24) is 5.32 Å². The number of rotatable bonds is 4. The van der Waals surface area contributed by atoms with E-state index in [-0.39, 0.29) is 0 Å². The van der Waals surface area contributed by atoms with Crippen LogP contribution in [0.25, 0.3) is 0 Å². The molecule has 0 saturated carbocycles. The fourth-order valence-electron chi connectivity index (χ4n) is 1.11. The lowest BCUT2D eigenvalue weighted by Crippen LogP contribution is -2.14. The zero-order valence-corrected chi connectivity index (χ0v) is 6.94. The van der Waals surface area contributed by atoms with Gasteiger partial charge in [-0.3, -0.25) is 4.79 Å². The van der Waals surface area contributed by atoms with E-state index in [9.17, 15) is 4.79 Å². The van der Waals surface area contributed by atoms with Crippen molar-refractivity contribution in [2.45, 2.75) is 6.42 Å². The molecular formula is C10H13NO. The number of carbonyl (C=O) groups excluding carboxylic acids is 1. The van der Waals surface area contributed by atoms with Gasteiger partial charge in [0, 0.05) is 6.54 Å². The Morgan fingerprint density at radius 3 is 2.42 bits per heavy atom. The van der Waals surface area contributed by atoms with Gasteiger partial charge in [-0.2, -0.15) is 0 Å². The van der Waals surface area contributed by atoms with E-state index in [1.165, 1.54) is 0 Å². The molecule has 1 amide bonds. The zero-order valence-electron chi connectivity index (χ0n) is 6.94. The van der Waals surface area contributed by atoms with Gasteiger partial charge >= 0.3 is 0 Å². The van der Waals surface area contributed by atoms with Gasteiger partial charge in [-0.15, -0.1) is 0 Å². The molecule has 12 heavy (non-hydrogen) atoms. The zero-order chi connectivity index (χ0) is 8.65. The molecule has 2 heteroatoms. The summed E-state index contributed by atoms with van der Waals surface area (Å²) < 4.78 is 0. The smallest absolute Gasteiger partial charge is 0.207 e. The molecule has 1 aliphatic rings. The summed E-state index contributed by atoms with van der Waals surface area (Å²) in [6.07, 6.45) is 14.0. The van der Waals surface area contributed by atoms with E-state index in [0.29, 0.717) is 5.92 Å². The molecule has 0 spiro atoms. The normalized spacial score (nSPS) is 16.0. The van der Waals surface area contributed by atoms with Crippen LogP contribution in [0, 0.1) is 5.92 Å². The van der Waals surface area contributed by atoms with E-state index >= 15 is 0 Å². The van der Waals surface area contributed by atoms with Gasteiger partial charge in [-0.1, -0.05) is 36.5 Å². The van der Waals surface area contributed by atoms with E-state index in [1.807, 2.05) is 24.3 Å². The first kappa shape index (κ1) is 8.78. The molecule has 0 bridgehead atoms. The minimum Gasteiger partial charge on any atom is -0.359 e. The largest absolute Gasteiger partial charge is 0.359 e. The van der Waals surface area contributed by atoms with Crippen LogP contribution in [-0.4, -0.2) is 13.0 Å². The van der Waals surface area contributed by atoms with Crippen LogP contribution in [0.2, 0.25) is 0 Å². The molecule has 0 aliphatic heterocycles. The summed E-state index contributed by atoms with van der Waals surface area (Å²) in [7, 11) is 0. The Kier molecular flexibility index (Phi) is 3.92. The molecule has 1 aliphatic carbocycles. The van der Waals surface area contributed by atoms with E-state index < -0.39 is 0 Å². The van der Waals surface area contributed by atoms with Crippen LogP contribution in [0.4, 0.5) is 0 Å². The van der Waals surface area contributed by atoms with Gasteiger partial charge in [0.1, 0.15) is 0 Å². The maximum absolute atomic E-state index is 9.95. The maximum atomic E-state index is 9.95. The van der Waals surface area contributed by atoms with Crippen molar-refractivity contribution in [1.29, 1.82) is 0 Å². The molecule has 0 saturated heterocycles. The number of hydrogen-bond acceptors (Lipinski definition) is 1. The van der Waals surface area contributed by atoms with Gasteiger partial charge in [-0.25, -0.2) is 0 Å². The maximum Gasteiger partial charge on any atom is 0.207 e. The summed E-state index contributed by atoms with van der Waals surface area (Å²) in [6.45, 7) is 0.739. The minimum atomic E-state index is 0.451. The van der Waals surface area contributed by atoms with E-state index in [4.69, 9.17) is 0 Å². The highest BCUT2D eigenvalue weighted by molar-refractivity contribution is 5.45. The lowest BCUT2D eigenvalue weighted by Gasteiger charge is -2.04. The lowest BCUT2D eigenvalue weighted by atomic mass is 10.1. The van der Waals surface area contributed by atoms with Crippen LogP contribution >= 0.6 is 0 Å². The predicted molar refractivity (Wildman–Crippen MR) is 49.6 cm³/mol. The molecule has 1 rings (SSSR count). The van der Waals surface area contributed by atoms with Gasteiger partial charge in [-0.05, 0) is 12.3 Å². The minimum absolute atomic E-state index is 0.451. The van der Waals surface area contributed by atoms with Crippen molar-refractivity contribution in [3.63, 3.8) is 0 Å². The highest BCUT2D eigenvalue weighted by atomic mass is 16.1. The quantitative estimate of drug-likeness (QED) is 0.493. The van der Waals surface area contributed by atoms with Gasteiger partial charge in [0.2, 0.25) is 6.41 Å². The van der Waals surface area contributed by atoms with Crippen LogP contribution in [0.1, 0.15) is 6.42 Å². The molecule has 1 N–H and O–H groups in total. The Bertz CT molecular complexity index is 200. The van der Waals surface area contributed by atoms with Crippen LogP contribution < -0.4 is 5.32 Å². The SMILES string of the molecule is O=CNCCC1C=CC=CC=C1. The number of hydrogen-bond donors (Lipinski definition) is 1. The molecule has 0 radical (unpaired) electrons. The van der Waals surface area contributed by atoms with Crippen molar-refractivity contribution in [3.05, 3.63) is 36.5 Å². The summed E-state index contributed by atoms with van der Waals surface area (Å²) in [5.74, 6) is 0.451. The number of carbonyl (C=O) groups is 1. The van der Waals surface area contributed by atoms with Gasteiger partial charge in [0.25, 0.3) is 0 Å². The predicted octanol–water partition coefficient (Wildman–Crippen LogP) is 1.42. The molecule has 0 heterocycles. The van der Waals surface area contributed by atoms with Gasteiger partial charge in [0.05, 0.1) is 0 Å². The van der Waals surface area contributed by atoms with Crippen molar-refractivity contribution in [2.24, 2.45) is 5.92 Å². The Balaban J connectivity index is 2.27. The van der Waals surface area contributed by atoms with E-state index in [0.717, 1.165) is 19.4 Å². The molecule has 0 fully saturated rings. The third kappa shape index (κ3) is 3.19. The average molecular weight is 163 g/mol. The van der Waals surface area contributed by atoms with Gasteiger partial charge < -0.3 is 5.32 Å². The monoisotopic (exact) mass is 163 g/mol. The molecular weight excluding hydrogens is 150 g/mol. The first-order chi connectivity index (χ1) is 5.93. The van der Waals surface area contributed by atoms with Crippen LogP contribution in [0.3, 0.4) is 0 Å². The average Bonchev–Trinajstić information content (AvgIpc) is 2.33. The molecule has 0 aromatic rings. The first-order valence-electron chi connectivity index (χ1n) is 4.12.